The summed E-state index contributed by atoms with van der Waals surface area (Å²) in [6.07, 6.45) is 4.59. The van der Waals surface area contributed by atoms with Crippen molar-refractivity contribution in [3.05, 3.63) is 59.4 Å². The van der Waals surface area contributed by atoms with Gasteiger partial charge in [-0.1, -0.05) is 12.1 Å². The molecule has 0 bridgehead atoms. The number of amides is 4. The Hall–Kier alpha value is -3.35. The molecule has 1 aliphatic heterocycles. The largest absolute Gasteiger partial charge is 0.335 e. The number of imide groups is 2. The van der Waals surface area contributed by atoms with E-state index >= 15 is 0 Å². The SMILES string of the molecule is Cc1ccc(N2C(=O)NC(=O)[C@H](C=NCc3cccnc3)C2=O)cc1C. The van der Waals surface area contributed by atoms with Gasteiger partial charge in [0, 0.05) is 18.6 Å². The smallest absolute Gasteiger partial charge is 0.291 e. The summed E-state index contributed by atoms with van der Waals surface area (Å²) in [7, 11) is 0. The number of aromatic nitrogens is 1. The van der Waals surface area contributed by atoms with Crippen LogP contribution in [0.1, 0.15) is 16.7 Å². The molecule has 0 saturated carbocycles. The monoisotopic (exact) mass is 350 g/mol. The van der Waals surface area contributed by atoms with Crippen molar-refractivity contribution in [2.45, 2.75) is 20.4 Å². The van der Waals surface area contributed by atoms with Crippen LogP contribution in [0.25, 0.3) is 0 Å². The highest BCUT2D eigenvalue weighted by molar-refractivity contribution is 6.32. The number of carbonyl (C=O) groups excluding carboxylic acids is 3. The maximum Gasteiger partial charge on any atom is 0.335 e. The van der Waals surface area contributed by atoms with Gasteiger partial charge in [0.25, 0.3) is 5.91 Å². The van der Waals surface area contributed by atoms with Crippen molar-refractivity contribution in [2.24, 2.45) is 10.9 Å². The zero-order valence-electron chi connectivity index (χ0n) is 14.5. The van der Waals surface area contributed by atoms with Crippen LogP contribution in [0.4, 0.5) is 10.5 Å². The predicted octanol–water partition coefficient (Wildman–Crippen LogP) is 2.17. The van der Waals surface area contributed by atoms with E-state index < -0.39 is 23.8 Å². The van der Waals surface area contributed by atoms with Crippen molar-refractivity contribution in [3.8, 4) is 0 Å². The summed E-state index contributed by atoms with van der Waals surface area (Å²) in [6, 6.07) is 8.13. The molecule has 0 spiro atoms. The van der Waals surface area contributed by atoms with Gasteiger partial charge in [-0.25, -0.2) is 9.69 Å². The molecule has 2 heterocycles. The molecule has 0 radical (unpaired) electrons. The number of benzene rings is 1. The van der Waals surface area contributed by atoms with E-state index in [-0.39, 0.29) is 0 Å². The number of pyridine rings is 1. The van der Waals surface area contributed by atoms with Crippen LogP contribution in [0.15, 0.2) is 47.7 Å². The third-order valence-electron chi connectivity index (χ3n) is 4.20. The van der Waals surface area contributed by atoms with Gasteiger partial charge in [-0.05, 0) is 48.7 Å². The van der Waals surface area contributed by atoms with Crippen LogP contribution in [0.5, 0.6) is 0 Å². The molecule has 1 N–H and O–H groups in total. The average Bonchev–Trinajstić information content (AvgIpc) is 2.61. The predicted molar refractivity (Wildman–Crippen MR) is 96.9 cm³/mol. The molecule has 3 rings (SSSR count). The van der Waals surface area contributed by atoms with Gasteiger partial charge in [0.05, 0.1) is 12.2 Å². The van der Waals surface area contributed by atoms with Crippen molar-refractivity contribution in [1.82, 2.24) is 10.3 Å². The van der Waals surface area contributed by atoms with Crippen LogP contribution < -0.4 is 10.2 Å². The van der Waals surface area contributed by atoms with Gasteiger partial charge in [0.1, 0.15) is 0 Å². The fraction of sp³-hybridized carbons (Fsp3) is 0.211. The molecule has 0 unspecified atom stereocenters. The van der Waals surface area contributed by atoms with Crippen LogP contribution in [0.2, 0.25) is 0 Å². The van der Waals surface area contributed by atoms with E-state index in [0.29, 0.717) is 12.2 Å². The molecule has 1 aromatic heterocycles. The summed E-state index contributed by atoms with van der Waals surface area (Å²) in [6.45, 7) is 4.13. The van der Waals surface area contributed by atoms with Gasteiger partial charge in [0.15, 0.2) is 5.92 Å². The third kappa shape index (κ3) is 3.51. The molecular weight excluding hydrogens is 332 g/mol. The highest BCUT2D eigenvalue weighted by Gasteiger charge is 2.40. The van der Waals surface area contributed by atoms with Gasteiger partial charge < -0.3 is 0 Å². The number of aryl methyl sites for hydroxylation is 2. The topological polar surface area (TPSA) is 91.7 Å². The first-order chi connectivity index (χ1) is 12.5. The van der Waals surface area contributed by atoms with Gasteiger partial charge in [-0.15, -0.1) is 0 Å². The van der Waals surface area contributed by atoms with Gasteiger partial charge in [0.2, 0.25) is 5.91 Å². The number of carbonyl (C=O) groups is 3. The van der Waals surface area contributed by atoms with Crippen LogP contribution >= 0.6 is 0 Å². The van der Waals surface area contributed by atoms with Crippen molar-refractivity contribution in [1.29, 1.82) is 0 Å². The summed E-state index contributed by atoms with van der Waals surface area (Å²) in [5.41, 5.74) is 3.27. The molecule has 1 saturated heterocycles. The molecule has 0 aliphatic carbocycles. The number of nitrogens with zero attached hydrogens (tertiary/aromatic N) is 3. The fourth-order valence-corrected chi connectivity index (χ4v) is 2.59. The van der Waals surface area contributed by atoms with E-state index in [0.717, 1.165) is 21.6 Å². The highest BCUT2D eigenvalue weighted by atomic mass is 16.2. The van der Waals surface area contributed by atoms with Crippen LogP contribution in [-0.4, -0.2) is 29.0 Å². The number of rotatable bonds is 4. The van der Waals surface area contributed by atoms with Gasteiger partial charge >= 0.3 is 6.03 Å². The van der Waals surface area contributed by atoms with E-state index in [1.807, 2.05) is 26.0 Å². The summed E-state index contributed by atoms with van der Waals surface area (Å²) in [5.74, 6) is -2.43. The number of urea groups is 1. The molecule has 1 aromatic carbocycles. The Kier molecular flexibility index (Phi) is 4.88. The van der Waals surface area contributed by atoms with Gasteiger partial charge in [-0.2, -0.15) is 0 Å². The van der Waals surface area contributed by atoms with E-state index in [4.69, 9.17) is 0 Å². The normalized spacial score (nSPS) is 17.7. The van der Waals surface area contributed by atoms with Crippen LogP contribution in [-0.2, 0) is 16.1 Å². The zero-order valence-corrected chi connectivity index (χ0v) is 14.5. The highest BCUT2D eigenvalue weighted by Crippen LogP contribution is 2.23. The molecule has 7 heteroatoms. The molecular formula is C19H18N4O3. The van der Waals surface area contributed by atoms with Crippen molar-refractivity contribution in [3.63, 3.8) is 0 Å². The molecule has 4 amide bonds. The second kappa shape index (κ2) is 7.26. The second-order valence-electron chi connectivity index (χ2n) is 6.07. The van der Waals surface area contributed by atoms with E-state index in [9.17, 15) is 14.4 Å². The number of hydrogen-bond donors (Lipinski definition) is 1. The first-order valence-corrected chi connectivity index (χ1v) is 8.12. The minimum atomic E-state index is -1.15. The number of anilines is 1. The standard InChI is InChI=1S/C19H18N4O3/c1-12-5-6-15(8-13(12)2)23-18(25)16(17(24)22-19(23)26)11-21-10-14-4-3-7-20-9-14/h3-9,11,16H,10H2,1-2H3,(H,22,24,26)/t16-/m0/s1. The molecule has 1 fully saturated rings. The Morgan fingerprint density at radius 2 is 2.00 bits per heavy atom. The van der Waals surface area contributed by atoms with E-state index in [2.05, 4.69) is 15.3 Å². The van der Waals surface area contributed by atoms with E-state index in [1.54, 1.807) is 30.6 Å². The number of nitrogens with one attached hydrogen (secondary N) is 1. The summed E-state index contributed by atoms with van der Waals surface area (Å²) >= 11 is 0. The fourth-order valence-electron chi connectivity index (χ4n) is 2.59. The summed E-state index contributed by atoms with van der Waals surface area (Å²) in [4.78, 5) is 46.1. The Labute approximate surface area is 150 Å². The minimum Gasteiger partial charge on any atom is -0.291 e. The average molecular weight is 350 g/mol. The lowest BCUT2D eigenvalue weighted by atomic mass is 10.0. The maximum absolute atomic E-state index is 12.7. The van der Waals surface area contributed by atoms with E-state index in [1.165, 1.54) is 6.21 Å². The lowest BCUT2D eigenvalue weighted by Gasteiger charge is -2.28. The number of aliphatic imine (C=N–C) groups is 1. The number of barbiturate groups is 1. The quantitative estimate of drug-likeness (QED) is 0.676. The lowest BCUT2D eigenvalue weighted by molar-refractivity contribution is -0.131. The minimum absolute atomic E-state index is 0.294. The van der Waals surface area contributed by atoms with Gasteiger partial charge in [-0.3, -0.25) is 24.9 Å². The molecule has 1 atom stereocenters. The molecule has 132 valence electrons. The molecule has 7 nitrogen and oxygen atoms in total. The molecule has 2 aromatic rings. The first-order valence-electron chi connectivity index (χ1n) is 8.12. The molecule has 1 aliphatic rings. The second-order valence-corrected chi connectivity index (χ2v) is 6.07. The zero-order chi connectivity index (χ0) is 18.7. The maximum atomic E-state index is 12.7. The van der Waals surface area contributed by atoms with Crippen LogP contribution in [0, 0.1) is 19.8 Å². The van der Waals surface area contributed by atoms with Crippen molar-refractivity contribution < 1.29 is 14.4 Å². The Morgan fingerprint density at radius 3 is 2.69 bits per heavy atom. The lowest BCUT2D eigenvalue weighted by Crippen LogP contribution is -2.58. The van der Waals surface area contributed by atoms with Crippen molar-refractivity contribution >= 4 is 29.7 Å². The summed E-state index contributed by atoms with van der Waals surface area (Å²) < 4.78 is 0. The Morgan fingerprint density at radius 1 is 1.19 bits per heavy atom. The Balaban J connectivity index is 1.82. The molecule has 26 heavy (non-hydrogen) atoms. The Bertz CT molecular complexity index is 893. The van der Waals surface area contributed by atoms with Crippen molar-refractivity contribution in [2.75, 3.05) is 4.90 Å². The number of hydrogen-bond acceptors (Lipinski definition) is 5. The summed E-state index contributed by atoms with van der Waals surface area (Å²) in [5, 5.41) is 2.21. The third-order valence-corrected chi connectivity index (χ3v) is 4.20. The van der Waals surface area contributed by atoms with Crippen LogP contribution in [0.3, 0.4) is 0 Å². The first kappa shape index (κ1) is 17.5.